The third-order valence-corrected chi connectivity index (χ3v) is 4.44. The molecule has 2 rings (SSSR count). The lowest BCUT2D eigenvalue weighted by molar-refractivity contribution is -0.144. The number of carbonyl (C=O) groups excluding carboxylic acids is 1. The zero-order valence-electron chi connectivity index (χ0n) is 13.9. The number of aliphatic carboxylic acids is 1. The number of carboxylic acids is 1. The quantitative estimate of drug-likeness (QED) is 0.843. The van der Waals surface area contributed by atoms with E-state index in [-0.39, 0.29) is 17.7 Å². The van der Waals surface area contributed by atoms with Crippen LogP contribution in [0.25, 0.3) is 0 Å². The van der Waals surface area contributed by atoms with E-state index >= 15 is 0 Å². The molecule has 0 spiro atoms. The van der Waals surface area contributed by atoms with E-state index in [0.717, 1.165) is 32.5 Å². The van der Waals surface area contributed by atoms with Gasteiger partial charge in [0.2, 0.25) is 5.91 Å². The highest BCUT2D eigenvalue weighted by molar-refractivity contribution is 5.85. The molecular formula is C18H26N2O3. The van der Waals surface area contributed by atoms with Gasteiger partial charge in [0.25, 0.3) is 0 Å². The molecule has 23 heavy (non-hydrogen) atoms. The van der Waals surface area contributed by atoms with Crippen molar-refractivity contribution in [2.75, 3.05) is 13.1 Å². The largest absolute Gasteiger partial charge is 0.480 e. The van der Waals surface area contributed by atoms with Crippen LogP contribution in [-0.2, 0) is 16.1 Å². The monoisotopic (exact) mass is 318 g/mol. The number of rotatable bonds is 6. The first kappa shape index (κ1) is 17.5. The van der Waals surface area contributed by atoms with Crippen molar-refractivity contribution in [3.63, 3.8) is 0 Å². The van der Waals surface area contributed by atoms with Gasteiger partial charge in [-0.15, -0.1) is 0 Å². The molecule has 0 aliphatic carbocycles. The number of nitrogens with zero attached hydrogens (tertiary/aromatic N) is 1. The molecule has 1 heterocycles. The van der Waals surface area contributed by atoms with E-state index in [1.807, 2.05) is 32.0 Å². The maximum Gasteiger partial charge on any atom is 0.326 e. The van der Waals surface area contributed by atoms with E-state index in [4.69, 9.17) is 0 Å². The molecule has 1 aromatic rings. The number of hydrogen-bond donors (Lipinski definition) is 2. The van der Waals surface area contributed by atoms with Crippen LogP contribution >= 0.6 is 0 Å². The number of nitrogens with one attached hydrogen (secondary N) is 1. The Bertz CT molecular complexity index is 522. The summed E-state index contributed by atoms with van der Waals surface area (Å²) >= 11 is 0. The molecule has 5 heteroatoms. The first-order chi connectivity index (χ1) is 11.0. The van der Waals surface area contributed by atoms with Gasteiger partial charge >= 0.3 is 5.97 Å². The summed E-state index contributed by atoms with van der Waals surface area (Å²) in [6.45, 7) is 6.25. The fourth-order valence-electron chi connectivity index (χ4n) is 2.98. The predicted molar refractivity (Wildman–Crippen MR) is 88.8 cm³/mol. The molecule has 0 radical (unpaired) electrons. The summed E-state index contributed by atoms with van der Waals surface area (Å²) < 4.78 is 0. The van der Waals surface area contributed by atoms with E-state index in [0.29, 0.717) is 0 Å². The van der Waals surface area contributed by atoms with E-state index in [1.165, 1.54) is 5.56 Å². The molecule has 2 N–H and O–H groups in total. The third-order valence-electron chi connectivity index (χ3n) is 4.44. The maximum atomic E-state index is 12.3. The molecule has 1 saturated heterocycles. The number of carbonyl (C=O) groups is 2. The highest BCUT2D eigenvalue weighted by Crippen LogP contribution is 2.20. The van der Waals surface area contributed by atoms with Crippen LogP contribution in [0.4, 0.5) is 0 Å². The number of amides is 1. The van der Waals surface area contributed by atoms with Crippen molar-refractivity contribution in [1.29, 1.82) is 0 Å². The summed E-state index contributed by atoms with van der Waals surface area (Å²) in [6.07, 6.45) is 1.56. The Balaban J connectivity index is 1.81. The predicted octanol–water partition coefficient (Wildman–Crippen LogP) is 2.12. The zero-order chi connectivity index (χ0) is 16.8. The summed E-state index contributed by atoms with van der Waals surface area (Å²) in [5.41, 5.74) is 1.28. The van der Waals surface area contributed by atoms with Gasteiger partial charge in [0.1, 0.15) is 6.04 Å². The van der Waals surface area contributed by atoms with Crippen molar-refractivity contribution >= 4 is 11.9 Å². The van der Waals surface area contributed by atoms with Gasteiger partial charge < -0.3 is 10.4 Å². The van der Waals surface area contributed by atoms with E-state index in [9.17, 15) is 14.7 Å². The van der Waals surface area contributed by atoms with Crippen LogP contribution in [-0.4, -0.2) is 41.0 Å². The normalized spacial score (nSPS) is 17.9. The molecule has 0 unspecified atom stereocenters. The van der Waals surface area contributed by atoms with Crippen molar-refractivity contribution in [2.45, 2.75) is 39.3 Å². The Morgan fingerprint density at radius 3 is 2.35 bits per heavy atom. The number of carboxylic acid groups (broad SMARTS) is 1. The molecule has 1 fully saturated rings. The average Bonchev–Trinajstić information content (AvgIpc) is 2.53. The fourth-order valence-corrected chi connectivity index (χ4v) is 2.98. The second kappa shape index (κ2) is 8.11. The van der Waals surface area contributed by atoms with Crippen molar-refractivity contribution in [2.24, 2.45) is 11.8 Å². The van der Waals surface area contributed by atoms with Crippen molar-refractivity contribution in [3.05, 3.63) is 35.9 Å². The summed E-state index contributed by atoms with van der Waals surface area (Å²) in [5.74, 6) is -1.28. The van der Waals surface area contributed by atoms with Crippen LogP contribution in [0.2, 0.25) is 0 Å². The molecule has 1 aromatic carbocycles. The first-order valence-electron chi connectivity index (χ1n) is 8.27. The number of likely N-dealkylation sites (tertiary alicyclic amines) is 1. The molecular weight excluding hydrogens is 292 g/mol. The Morgan fingerprint density at radius 2 is 1.83 bits per heavy atom. The Labute approximate surface area is 137 Å². The second-order valence-electron chi connectivity index (χ2n) is 6.60. The van der Waals surface area contributed by atoms with Gasteiger partial charge in [-0.2, -0.15) is 0 Å². The molecule has 1 amide bonds. The standard InChI is InChI=1S/C18H26N2O3/c1-13(2)16(18(22)23)19-17(21)15-8-10-20(11-9-15)12-14-6-4-3-5-7-14/h3-7,13,15-16H,8-12H2,1-2H3,(H,19,21)(H,22,23)/t16-/m0/s1. The van der Waals surface area contributed by atoms with Crippen molar-refractivity contribution in [1.82, 2.24) is 10.2 Å². The topological polar surface area (TPSA) is 69.6 Å². The number of piperidine rings is 1. The molecule has 1 atom stereocenters. The molecule has 1 aliphatic heterocycles. The van der Waals surface area contributed by atoms with Crippen molar-refractivity contribution < 1.29 is 14.7 Å². The zero-order valence-corrected chi connectivity index (χ0v) is 13.9. The SMILES string of the molecule is CC(C)[C@H](NC(=O)C1CCN(Cc2ccccc2)CC1)C(=O)O. The summed E-state index contributed by atoms with van der Waals surface area (Å²) in [7, 11) is 0. The maximum absolute atomic E-state index is 12.3. The molecule has 0 bridgehead atoms. The van der Waals surface area contributed by atoms with E-state index < -0.39 is 12.0 Å². The number of benzene rings is 1. The van der Waals surface area contributed by atoms with Gasteiger partial charge in [-0.1, -0.05) is 44.2 Å². The van der Waals surface area contributed by atoms with Gasteiger partial charge in [-0.3, -0.25) is 9.69 Å². The van der Waals surface area contributed by atoms with Crippen LogP contribution in [0.1, 0.15) is 32.3 Å². The molecule has 0 saturated carbocycles. The lowest BCUT2D eigenvalue weighted by Crippen LogP contribution is -2.48. The highest BCUT2D eigenvalue weighted by atomic mass is 16.4. The van der Waals surface area contributed by atoms with Gasteiger partial charge in [-0.05, 0) is 37.4 Å². The molecule has 0 aromatic heterocycles. The van der Waals surface area contributed by atoms with Crippen LogP contribution in [0.3, 0.4) is 0 Å². The van der Waals surface area contributed by atoms with Gasteiger partial charge in [0.05, 0.1) is 0 Å². The average molecular weight is 318 g/mol. The molecule has 5 nitrogen and oxygen atoms in total. The minimum absolute atomic E-state index is 0.0809. The van der Waals surface area contributed by atoms with Crippen LogP contribution < -0.4 is 5.32 Å². The molecule has 126 valence electrons. The van der Waals surface area contributed by atoms with Gasteiger partial charge in [0.15, 0.2) is 0 Å². The summed E-state index contributed by atoms with van der Waals surface area (Å²) in [6, 6.07) is 9.50. The van der Waals surface area contributed by atoms with Crippen LogP contribution in [0.5, 0.6) is 0 Å². The smallest absolute Gasteiger partial charge is 0.326 e. The lowest BCUT2D eigenvalue weighted by Gasteiger charge is -2.32. The summed E-state index contributed by atoms with van der Waals surface area (Å²) in [4.78, 5) is 25.8. The van der Waals surface area contributed by atoms with Crippen LogP contribution in [0.15, 0.2) is 30.3 Å². The Hall–Kier alpha value is -1.88. The first-order valence-corrected chi connectivity index (χ1v) is 8.27. The minimum Gasteiger partial charge on any atom is -0.480 e. The van der Waals surface area contributed by atoms with E-state index in [1.54, 1.807) is 0 Å². The lowest BCUT2D eigenvalue weighted by atomic mass is 9.94. The fraction of sp³-hybridized carbons (Fsp3) is 0.556. The minimum atomic E-state index is -0.963. The van der Waals surface area contributed by atoms with E-state index in [2.05, 4.69) is 22.3 Å². The molecule has 1 aliphatic rings. The third kappa shape index (κ3) is 5.06. The summed E-state index contributed by atoms with van der Waals surface area (Å²) in [5, 5.41) is 11.9. The number of hydrogen-bond acceptors (Lipinski definition) is 3. The second-order valence-corrected chi connectivity index (χ2v) is 6.60. The van der Waals surface area contributed by atoms with Crippen molar-refractivity contribution in [3.8, 4) is 0 Å². The van der Waals surface area contributed by atoms with Crippen LogP contribution in [0, 0.1) is 11.8 Å². The Kier molecular flexibility index (Phi) is 6.16. The van der Waals surface area contributed by atoms with Gasteiger partial charge in [0, 0.05) is 12.5 Å². The Morgan fingerprint density at radius 1 is 1.22 bits per heavy atom. The highest BCUT2D eigenvalue weighted by Gasteiger charge is 2.29. The van der Waals surface area contributed by atoms with Gasteiger partial charge in [-0.25, -0.2) is 4.79 Å².